The quantitative estimate of drug-likeness (QED) is 0.398. The highest BCUT2D eigenvalue weighted by Gasteiger charge is 2.36. The molecular formula is C32H41ClN2O3. The highest BCUT2D eigenvalue weighted by atomic mass is 35.5. The molecule has 1 aromatic carbocycles. The summed E-state index contributed by atoms with van der Waals surface area (Å²) in [6, 6.07) is 6.05. The van der Waals surface area contributed by atoms with Gasteiger partial charge in [-0.2, -0.15) is 0 Å². The van der Waals surface area contributed by atoms with Gasteiger partial charge in [0.2, 0.25) is 0 Å². The Bertz CT molecular complexity index is 1160. The van der Waals surface area contributed by atoms with Crippen LogP contribution in [0, 0.1) is 11.3 Å². The molecule has 1 fully saturated rings. The summed E-state index contributed by atoms with van der Waals surface area (Å²) in [4.78, 5) is 7.19. The van der Waals surface area contributed by atoms with Crippen LogP contribution in [0.1, 0.15) is 51.2 Å². The van der Waals surface area contributed by atoms with Crippen molar-refractivity contribution in [2.75, 3.05) is 32.8 Å². The monoisotopic (exact) mass is 536 g/mol. The van der Waals surface area contributed by atoms with Crippen LogP contribution in [-0.2, 0) is 5.60 Å². The number of hydrogen-bond donors (Lipinski definition) is 2. The molecule has 2 N–H and O–H groups in total. The summed E-state index contributed by atoms with van der Waals surface area (Å²) in [7, 11) is 0. The first-order valence-corrected chi connectivity index (χ1v) is 14.0. The van der Waals surface area contributed by atoms with Crippen LogP contribution < -0.4 is 4.74 Å². The SMILES string of the molecule is C=C(Cl)/C=C\C(=C/C)C1(CO)CCN(CC/C=C2/c3cc(C(C)(C)O)ccc3OCC3N=CC=CC23)CC1. The van der Waals surface area contributed by atoms with Crippen molar-refractivity contribution >= 4 is 23.4 Å². The van der Waals surface area contributed by atoms with Gasteiger partial charge in [-0.1, -0.05) is 48.6 Å². The molecule has 204 valence electrons. The summed E-state index contributed by atoms with van der Waals surface area (Å²) >= 11 is 5.95. The molecule has 0 aromatic heterocycles. The molecule has 0 saturated carbocycles. The fraction of sp³-hybridized carbons (Fsp3) is 0.469. The van der Waals surface area contributed by atoms with Gasteiger partial charge in [0.05, 0.1) is 18.2 Å². The highest BCUT2D eigenvalue weighted by Crippen LogP contribution is 2.42. The number of piperidine rings is 1. The van der Waals surface area contributed by atoms with E-state index in [1.807, 2.05) is 57.3 Å². The summed E-state index contributed by atoms with van der Waals surface area (Å²) in [6.07, 6.45) is 17.0. The maximum atomic E-state index is 10.7. The Balaban J connectivity index is 1.51. The van der Waals surface area contributed by atoms with Gasteiger partial charge in [-0.25, -0.2) is 0 Å². The molecule has 3 aliphatic rings. The van der Waals surface area contributed by atoms with Crippen molar-refractivity contribution in [1.29, 1.82) is 0 Å². The van der Waals surface area contributed by atoms with Crippen molar-refractivity contribution in [3.8, 4) is 5.75 Å². The second-order valence-electron chi connectivity index (χ2n) is 11.1. The molecular weight excluding hydrogens is 496 g/mol. The van der Waals surface area contributed by atoms with Crippen molar-refractivity contribution in [1.82, 2.24) is 4.90 Å². The number of likely N-dealkylation sites (tertiary alicyclic amines) is 1. The number of benzene rings is 1. The first kappa shape index (κ1) is 28.6. The topological polar surface area (TPSA) is 65.3 Å². The zero-order chi connectivity index (χ0) is 27.3. The molecule has 5 nitrogen and oxygen atoms in total. The maximum absolute atomic E-state index is 10.7. The van der Waals surface area contributed by atoms with Crippen LogP contribution in [0.15, 0.2) is 76.8 Å². The van der Waals surface area contributed by atoms with E-state index < -0.39 is 5.60 Å². The first-order valence-electron chi connectivity index (χ1n) is 13.6. The lowest BCUT2D eigenvalue weighted by Crippen LogP contribution is -2.43. The van der Waals surface area contributed by atoms with Gasteiger partial charge in [0.25, 0.3) is 0 Å². The minimum atomic E-state index is -0.933. The zero-order valence-electron chi connectivity index (χ0n) is 22.9. The molecule has 2 unspecified atom stereocenters. The minimum Gasteiger partial charge on any atom is -0.491 e. The van der Waals surface area contributed by atoms with E-state index in [0.29, 0.717) is 11.6 Å². The largest absolute Gasteiger partial charge is 0.491 e. The second-order valence-corrected chi connectivity index (χ2v) is 11.6. The molecule has 6 heteroatoms. The molecule has 0 aliphatic carbocycles. The Morgan fingerprint density at radius 2 is 2.05 bits per heavy atom. The molecule has 0 amide bonds. The Hall–Kier alpha value is -2.44. The van der Waals surface area contributed by atoms with E-state index >= 15 is 0 Å². The van der Waals surface area contributed by atoms with Gasteiger partial charge in [0.15, 0.2) is 0 Å². The Morgan fingerprint density at radius 1 is 1.29 bits per heavy atom. The normalized spacial score (nSPS) is 24.7. The van der Waals surface area contributed by atoms with Gasteiger partial charge >= 0.3 is 0 Å². The third kappa shape index (κ3) is 6.40. The fourth-order valence-electron chi connectivity index (χ4n) is 5.78. The van der Waals surface area contributed by atoms with E-state index in [0.717, 1.165) is 61.3 Å². The van der Waals surface area contributed by atoms with E-state index in [1.165, 1.54) is 5.57 Å². The van der Waals surface area contributed by atoms with Gasteiger partial charge in [0, 0.05) is 34.7 Å². The summed E-state index contributed by atoms with van der Waals surface area (Å²) in [5, 5.41) is 21.5. The van der Waals surface area contributed by atoms with Crippen LogP contribution in [0.3, 0.4) is 0 Å². The molecule has 3 heterocycles. The Labute approximate surface area is 232 Å². The first-order chi connectivity index (χ1) is 18.2. The van der Waals surface area contributed by atoms with Crippen molar-refractivity contribution in [2.24, 2.45) is 16.3 Å². The average Bonchev–Trinajstić information content (AvgIpc) is 3.06. The summed E-state index contributed by atoms with van der Waals surface area (Å²) in [5.74, 6) is 0.988. The summed E-state index contributed by atoms with van der Waals surface area (Å²) < 4.78 is 6.19. The number of aliphatic hydroxyl groups is 2. The molecule has 38 heavy (non-hydrogen) atoms. The summed E-state index contributed by atoms with van der Waals surface area (Å²) in [5.41, 5.74) is 3.08. The van der Waals surface area contributed by atoms with E-state index in [-0.39, 0.29) is 24.0 Å². The number of halogens is 1. The molecule has 4 rings (SSSR count). The van der Waals surface area contributed by atoms with Crippen LogP contribution in [0.4, 0.5) is 0 Å². The highest BCUT2D eigenvalue weighted by molar-refractivity contribution is 6.30. The second kappa shape index (κ2) is 12.2. The average molecular weight is 537 g/mol. The van der Waals surface area contributed by atoms with E-state index in [2.05, 4.69) is 35.8 Å². The van der Waals surface area contributed by atoms with Gasteiger partial charge in [-0.05, 0) is 94.1 Å². The van der Waals surface area contributed by atoms with Crippen LogP contribution in [0.2, 0.25) is 0 Å². The van der Waals surface area contributed by atoms with Crippen molar-refractivity contribution in [3.05, 3.63) is 83.0 Å². The predicted molar refractivity (Wildman–Crippen MR) is 158 cm³/mol. The third-order valence-corrected chi connectivity index (χ3v) is 8.28. The van der Waals surface area contributed by atoms with Crippen LogP contribution >= 0.6 is 11.6 Å². The number of aliphatic imine (C=N–C) groups is 1. The standard InChI is InChI=1S/C32H41ClN2O3/c1-5-24(11-10-23(2)33)32(22-36)14-18-35(19-15-32)17-7-9-26-27-8-6-16-34-29(27)21-38-30-13-12-25(20-28(26)30)31(3,4)37/h5-6,8-13,16,20,27,29,36-37H,2,7,14-15,17-19,21-22H2,1,3-4H3/b11-10-,24-5+,26-9+. The molecule has 0 radical (unpaired) electrons. The number of nitrogens with zero attached hydrogens (tertiary/aromatic N) is 2. The van der Waals surface area contributed by atoms with Crippen LogP contribution in [-0.4, -0.2) is 60.2 Å². The number of hydrogen-bond acceptors (Lipinski definition) is 5. The molecule has 1 aromatic rings. The molecule has 0 bridgehead atoms. The van der Waals surface area contributed by atoms with Crippen LogP contribution in [0.5, 0.6) is 5.75 Å². The molecule has 0 spiro atoms. The summed E-state index contributed by atoms with van der Waals surface area (Å²) in [6.45, 7) is 12.8. The number of fused-ring (bicyclic) bond motifs is 2. The number of ether oxygens (including phenoxy) is 1. The van der Waals surface area contributed by atoms with Crippen molar-refractivity contribution in [2.45, 2.75) is 51.7 Å². The van der Waals surface area contributed by atoms with E-state index in [4.69, 9.17) is 21.3 Å². The van der Waals surface area contributed by atoms with Gasteiger partial charge in [-0.3, -0.25) is 4.99 Å². The molecule has 2 atom stereocenters. The maximum Gasteiger partial charge on any atom is 0.126 e. The van der Waals surface area contributed by atoms with E-state index in [1.54, 1.807) is 0 Å². The Kier molecular flexibility index (Phi) is 9.15. The van der Waals surface area contributed by atoms with Crippen molar-refractivity contribution in [3.63, 3.8) is 0 Å². The molecule has 1 saturated heterocycles. The third-order valence-electron chi connectivity index (χ3n) is 8.15. The Morgan fingerprint density at radius 3 is 2.71 bits per heavy atom. The lowest BCUT2D eigenvalue weighted by molar-refractivity contribution is 0.0750. The van der Waals surface area contributed by atoms with Crippen molar-refractivity contribution < 1.29 is 14.9 Å². The van der Waals surface area contributed by atoms with Gasteiger partial charge in [-0.15, -0.1) is 0 Å². The number of dihydropyridines is 1. The van der Waals surface area contributed by atoms with Gasteiger partial charge in [0.1, 0.15) is 12.4 Å². The van der Waals surface area contributed by atoms with Gasteiger partial charge < -0.3 is 19.8 Å². The lowest BCUT2D eigenvalue weighted by atomic mass is 9.72. The number of aliphatic hydroxyl groups excluding tert-OH is 1. The van der Waals surface area contributed by atoms with Crippen LogP contribution in [0.25, 0.3) is 5.57 Å². The smallest absolute Gasteiger partial charge is 0.126 e. The number of rotatable bonds is 8. The molecule has 3 aliphatic heterocycles. The van der Waals surface area contributed by atoms with E-state index in [9.17, 15) is 10.2 Å². The predicted octanol–water partition coefficient (Wildman–Crippen LogP) is 6.03. The number of allylic oxidation sites excluding steroid dienone is 5. The zero-order valence-corrected chi connectivity index (χ0v) is 23.6. The minimum absolute atomic E-state index is 0.0424. The fourth-order valence-corrected chi connectivity index (χ4v) is 5.84. The lowest BCUT2D eigenvalue weighted by Gasteiger charge is -2.41.